The molecule has 2 rings (SSSR count). The quantitative estimate of drug-likeness (QED) is 0.385. The summed E-state index contributed by atoms with van der Waals surface area (Å²) in [6.07, 6.45) is 1.28. The highest BCUT2D eigenvalue weighted by Gasteiger charge is 2.27. The smallest absolute Gasteiger partial charge is 0.0460 e. The van der Waals surface area contributed by atoms with Gasteiger partial charge in [-0.1, -0.05) is 0 Å². The number of hydrogen-bond acceptors (Lipinski definition) is 3. The van der Waals surface area contributed by atoms with Gasteiger partial charge in [0.25, 0.3) is 0 Å². The second kappa shape index (κ2) is 2.25. The summed E-state index contributed by atoms with van der Waals surface area (Å²) in [5.41, 5.74) is 0. The van der Waals surface area contributed by atoms with E-state index >= 15 is 0 Å². The SMILES string of the molecule is C1CC2NCNC2CN1. The topological polar surface area (TPSA) is 36.1 Å². The molecule has 0 radical (unpaired) electrons. The number of fused-ring (bicyclic) bond motifs is 1. The minimum absolute atomic E-state index is 0.693. The molecule has 0 aromatic heterocycles. The highest BCUT2D eigenvalue weighted by molar-refractivity contribution is 4.92. The van der Waals surface area contributed by atoms with E-state index in [4.69, 9.17) is 0 Å². The second-order valence-electron chi connectivity index (χ2n) is 2.79. The largest absolute Gasteiger partial charge is 0.315 e. The molecule has 0 saturated carbocycles. The van der Waals surface area contributed by atoms with Crippen molar-refractivity contribution in [2.75, 3.05) is 19.8 Å². The van der Waals surface area contributed by atoms with Crippen molar-refractivity contribution in [1.82, 2.24) is 16.0 Å². The first-order valence-electron chi connectivity index (χ1n) is 3.64. The van der Waals surface area contributed by atoms with Crippen LogP contribution >= 0.6 is 0 Å². The average molecular weight is 127 g/mol. The third-order valence-electron chi connectivity index (χ3n) is 2.21. The molecule has 2 aliphatic rings. The minimum Gasteiger partial charge on any atom is -0.315 e. The maximum Gasteiger partial charge on any atom is 0.0460 e. The van der Waals surface area contributed by atoms with Crippen molar-refractivity contribution in [3.63, 3.8) is 0 Å². The van der Waals surface area contributed by atoms with Gasteiger partial charge in [-0.2, -0.15) is 0 Å². The molecule has 3 N–H and O–H groups in total. The van der Waals surface area contributed by atoms with Gasteiger partial charge in [0.15, 0.2) is 0 Å². The van der Waals surface area contributed by atoms with Crippen LogP contribution in [0.15, 0.2) is 0 Å². The maximum absolute atomic E-state index is 3.41. The lowest BCUT2D eigenvalue weighted by atomic mass is 10.0. The van der Waals surface area contributed by atoms with Gasteiger partial charge in [-0.3, -0.25) is 5.32 Å². The van der Waals surface area contributed by atoms with Crippen LogP contribution in [0.25, 0.3) is 0 Å². The Morgan fingerprint density at radius 3 is 2.89 bits per heavy atom. The van der Waals surface area contributed by atoms with E-state index in [9.17, 15) is 0 Å². The third-order valence-corrected chi connectivity index (χ3v) is 2.21. The van der Waals surface area contributed by atoms with Crippen LogP contribution in [0.1, 0.15) is 6.42 Å². The zero-order valence-corrected chi connectivity index (χ0v) is 5.48. The molecule has 2 aliphatic heterocycles. The van der Waals surface area contributed by atoms with Crippen LogP contribution in [0, 0.1) is 0 Å². The van der Waals surface area contributed by atoms with E-state index in [1.165, 1.54) is 13.0 Å². The molecule has 0 aliphatic carbocycles. The molecule has 9 heavy (non-hydrogen) atoms. The molecule has 0 aromatic carbocycles. The van der Waals surface area contributed by atoms with Gasteiger partial charge in [0.1, 0.15) is 0 Å². The molecule has 0 spiro atoms. The van der Waals surface area contributed by atoms with Crippen molar-refractivity contribution in [1.29, 1.82) is 0 Å². The van der Waals surface area contributed by atoms with Crippen LogP contribution in [-0.4, -0.2) is 31.8 Å². The summed E-state index contributed by atoms with van der Waals surface area (Å²) in [5.74, 6) is 0. The predicted molar refractivity (Wildman–Crippen MR) is 36.2 cm³/mol. The monoisotopic (exact) mass is 127 g/mol. The van der Waals surface area contributed by atoms with Gasteiger partial charge in [-0.15, -0.1) is 0 Å². The zero-order valence-electron chi connectivity index (χ0n) is 5.48. The lowest BCUT2D eigenvalue weighted by molar-refractivity contribution is 0.391. The van der Waals surface area contributed by atoms with Gasteiger partial charge >= 0.3 is 0 Å². The normalized spacial score (nSPS) is 42.7. The molecule has 2 heterocycles. The molecule has 3 nitrogen and oxygen atoms in total. The van der Waals surface area contributed by atoms with Gasteiger partial charge in [0, 0.05) is 25.3 Å². The van der Waals surface area contributed by atoms with Gasteiger partial charge in [-0.25, -0.2) is 0 Å². The summed E-state index contributed by atoms with van der Waals surface area (Å²) < 4.78 is 0. The average Bonchev–Trinajstić information content (AvgIpc) is 2.33. The highest BCUT2D eigenvalue weighted by Crippen LogP contribution is 2.06. The molecule has 0 aromatic rings. The van der Waals surface area contributed by atoms with Crippen LogP contribution in [0.5, 0.6) is 0 Å². The van der Waals surface area contributed by atoms with E-state index in [-0.39, 0.29) is 0 Å². The molecule has 52 valence electrons. The molecule has 2 saturated heterocycles. The Balaban J connectivity index is 1.97. The fraction of sp³-hybridized carbons (Fsp3) is 1.00. The van der Waals surface area contributed by atoms with E-state index in [1.807, 2.05) is 0 Å². The lowest BCUT2D eigenvalue weighted by Gasteiger charge is -2.24. The highest BCUT2D eigenvalue weighted by atomic mass is 15.2. The predicted octanol–water partition coefficient (Wildman–Crippen LogP) is -1.13. The van der Waals surface area contributed by atoms with Gasteiger partial charge < -0.3 is 10.6 Å². The number of piperidine rings is 1. The Kier molecular flexibility index (Phi) is 1.41. The standard InChI is InChI=1S/C6H13N3/c1-2-7-3-6-5(1)8-4-9-6/h5-9H,1-4H2. The van der Waals surface area contributed by atoms with Crippen molar-refractivity contribution >= 4 is 0 Å². The third kappa shape index (κ3) is 0.956. The second-order valence-corrected chi connectivity index (χ2v) is 2.79. The molecular weight excluding hydrogens is 114 g/mol. The fourth-order valence-corrected chi connectivity index (χ4v) is 1.64. The molecule has 2 fully saturated rings. The van der Waals surface area contributed by atoms with E-state index in [0.717, 1.165) is 19.3 Å². The Morgan fingerprint density at radius 2 is 2.00 bits per heavy atom. The van der Waals surface area contributed by atoms with Crippen molar-refractivity contribution in [2.24, 2.45) is 0 Å². The van der Waals surface area contributed by atoms with Crippen molar-refractivity contribution < 1.29 is 0 Å². The first-order valence-corrected chi connectivity index (χ1v) is 3.64. The molecule has 2 atom stereocenters. The maximum atomic E-state index is 3.41. The van der Waals surface area contributed by atoms with Crippen molar-refractivity contribution in [3.05, 3.63) is 0 Å². The fourth-order valence-electron chi connectivity index (χ4n) is 1.64. The van der Waals surface area contributed by atoms with Gasteiger partial charge in [0.05, 0.1) is 0 Å². The van der Waals surface area contributed by atoms with Crippen molar-refractivity contribution in [3.8, 4) is 0 Å². The van der Waals surface area contributed by atoms with Gasteiger partial charge in [-0.05, 0) is 13.0 Å². The van der Waals surface area contributed by atoms with E-state index < -0.39 is 0 Å². The van der Waals surface area contributed by atoms with Gasteiger partial charge in [0.2, 0.25) is 0 Å². The van der Waals surface area contributed by atoms with Crippen molar-refractivity contribution in [2.45, 2.75) is 18.5 Å². The Bertz CT molecular complexity index is 92.5. The molecule has 0 bridgehead atoms. The minimum atomic E-state index is 0.693. The number of nitrogens with one attached hydrogen (secondary N) is 3. The molecule has 0 amide bonds. The number of hydrogen-bond donors (Lipinski definition) is 3. The van der Waals surface area contributed by atoms with Crippen LogP contribution in [0.3, 0.4) is 0 Å². The first kappa shape index (κ1) is 5.65. The van der Waals surface area contributed by atoms with E-state index in [2.05, 4.69) is 16.0 Å². The Labute approximate surface area is 55.2 Å². The summed E-state index contributed by atoms with van der Waals surface area (Å²) in [5, 5.41) is 10.1. The Morgan fingerprint density at radius 1 is 1.11 bits per heavy atom. The van der Waals surface area contributed by atoms with Crippen LogP contribution < -0.4 is 16.0 Å². The summed E-state index contributed by atoms with van der Waals surface area (Å²) in [4.78, 5) is 0. The van der Waals surface area contributed by atoms with Crippen LogP contribution in [0.2, 0.25) is 0 Å². The molecule has 2 unspecified atom stereocenters. The lowest BCUT2D eigenvalue weighted by Crippen LogP contribution is -2.48. The number of rotatable bonds is 0. The van der Waals surface area contributed by atoms with E-state index in [0.29, 0.717) is 6.04 Å². The van der Waals surface area contributed by atoms with Crippen LogP contribution in [-0.2, 0) is 0 Å². The Hall–Kier alpha value is -0.120. The summed E-state index contributed by atoms with van der Waals surface area (Å²) >= 11 is 0. The first-order chi connectivity index (χ1) is 4.47. The molecular formula is C6H13N3. The molecule has 3 heteroatoms. The summed E-state index contributed by atoms with van der Waals surface area (Å²) in [7, 11) is 0. The summed E-state index contributed by atoms with van der Waals surface area (Å²) in [6.45, 7) is 3.31. The summed E-state index contributed by atoms with van der Waals surface area (Å²) in [6, 6.07) is 1.44. The van der Waals surface area contributed by atoms with E-state index in [1.54, 1.807) is 0 Å². The zero-order chi connectivity index (χ0) is 6.10. The van der Waals surface area contributed by atoms with Crippen LogP contribution in [0.4, 0.5) is 0 Å².